The highest BCUT2D eigenvalue weighted by atomic mass is 35.5. The fourth-order valence-corrected chi connectivity index (χ4v) is 3.33. The molecule has 0 saturated heterocycles. The van der Waals surface area contributed by atoms with Crippen molar-refractivity contribution in [3.8, 4) is 17.2 Å². The highest BCUT2D eigenvalue weighted by molar-refractivity contribution is 6.32. The number of benzene rings is 2. The molecule has 4 rings (SSSR count). The van der Waals surface area contributed by atoms with E-state index in [9.17, 15) is 4.79 Å². The molecule has 8 heteroatoms. The fraction of sp³-hybridized carbons (Fsp3) is 0.238. The minimum atomic E-state index is -0.235. The van der Waals surface area contributed by atoms with E-state index in [1.54, 1.807) is 10.9 Å². The molecule has 3 aromatic rings. The molecule has 0 fully saturated rings. The molecule has 0 unspecified atom stereocenters. The normalized spacial score (nSPS) is 12.4. The van der Waals surface area contributed by atoms with Crippen LogP contribution in [0.25, 0.3) is 5.69 Å². The van der Waals surface area contributed by atoms with Gasteiger partial charge in [-0.1, -0.05) is 29.8 Å². The van der Waals surface area contributed by atoms with Crippen molar-refractivity contribution in [1.29, 1.82) is 0 Å². The maximum Gasteiger partial charge on any atom is 0.315 e. The minimum absolute atomic E-state index is 0.235. The summed E-state index contributed by atoms with van der Waals surface area (Å²) >= 11 is 6.24. The Kier molecular flexibility index (Phi) is 5.86. The number of carbonyl (C=O) groups is 1. The monoisotopic (exact) mass is 412 g/mol. The summed E-state index contributed by atoms with van der Waals surface area (Å²) in [5, 5.41) is 10.5. The van der Waals surface area contributed by atoms with E-state index in [1.807, 2.05) is 48.7 Å². The van der Waals surface area contributed by atoms with Crippen LogP contribution in [-0.2, 0) is 13.0 Å². The third-order valence-corrected chi connectivity index (χ3v) is 4.75. The van der Waals surface area contributed by atoms with Gasteiger partial charge in [-0.3, -0.25) is 0 Å². The minimum Gasteiger partial charge on any atom is -0.486 e. The molecule has 0 aliphatic carbocycles. The van der Waals surface area contributed by atoms with Crippen LogP contribution in [0.1, 0.15) is 11.1 Å². The molecule has 7 nitrogen and oxygen atoms in total. The molecule has 150 valence electrons. The molecular weight excluding hydrogens is 392 g/mol. The summed E-state index contributed by atoms with van der Waals surface area (Å²) in [7, 11) is 0. The van der Waals surface area contributed by atoms with Crippen LogP contribution >= 0.6 is 11.6 Å². The maximum absolute atomic E-state index is 12.1. The molecule has 29 heavy (non-hydrogen) atoms. The van der Waals surface area contributed by atoms with Crippen LogP contribution in [0.2, 0.25) is 5.02 Å². The van der Waals surface area contributed by atoms with E-state index in [4.69, 9.17) is 21.1 Å². The van der Waals surface area contributed by atoms with Crippen molar-refractivity contribution in [2.75, 3.05) is 19.8 Å². The highest BCUT2D eigenvalue weighted by Gasteiger charge is 2.16. The molecule has 2 aromatic carbocycles. The Balaban J connectivity index is 1.24. The van der Waals surface area contributed by atoms with E-state index >= 15 is 0 Å². The highest BCUT2D eigenvalue weighted by Crippen LogP contribution is 2.38. The second-order valence-electron chi connectivity index (χ2n) is 6.59. The van der Waals surface area contributed by atoms with E-state index in [2.05, 4.69) is 15.7 Å². The second kappa shape index (κ2) is 8.87. The quantitative estimate of drug-likeness (QED) is 0.651. The van der Waals surface area contributed by atoms with Gasteiger partial charge < -0.3 is 20.1 Å². The number of rotatable bonds is 6. The topological polar surface area (TPSA) is 77.4 Å². The molecule has 0 spiro atoms. The molecule has 0 atom stereocenters. The Labute approximate surface area is 173 Å². The molecule has 1 aliphatic rings. The predicted molar refractivity (Wildman–Crippen MR) is 110 cm³/mol. The van der Waals surface area contributed by atoms with Crippen molar-refractivity contribution in [2.45, 2.75) is 13.0 Å². The summed E-state index contributed by atoms with van der Waals surface area (Å²) < 4.78 is 12.9. The van der Waals surface area contributed by atoms with E-state index < -0.39 is 0 Å². The summed E-state index contributed by atoms with van der Waals surface area (Å²) in [5.41, 5.74) is 2.87. The lowest BCUT2D eigenvalue weighted by molar-refractivity contribution is 0.171. The van der Waals surface area contributed by atoms with Crippen LogP contribution in [-0.4, -0.2) is 35.6 Å². The molecule has 1 aromatic heterocycles. The van der Waals surface area contributed by atoms with Crippen LogP contribution in [0.3, 0.4) is 0 Å². The Morgan fingerprint density at radius 2 is 1.93 bits per heavy atom. The SMILES string of the molecule is O=C(NCCc1cc(Cl)c2c(c1)OCCO2)NCc1cnn(-c2ccccc2)c1. The van der Waals surface area contributed by atoms with E-state index in [-0.39, 0.29) is 6.03 Å². The van der Waals surface area contributed by atoms with Crippen molar-refractivity contribution < 1.29 is 14.3 Å². The van der Waals surface area contributed by atoms with E-state index in [0.717, 1.165) is 16.8 Å². The number of halogens is 1. The number of nitrogens with one attached hydrogen (secondary N) is 2. The van der Waals surface area contributed by atoms with Gasteiger partial charge >= 0.3 is 6.03 Å². The first-order valence-corrected chi connectivity index (χ1v) is 9.75. The lowest BCUT2D eigenvalue weighted by Crippen LogP contribution is -2.36. The van der Waals surface area contributed by atoms with Gasteiger partial charge in [0.15, 0.2) is 11.5 Å². The zero-order valence-corrected chi connectivity index (χ0v) is 16.5. The van der Waals surface area contributed by atoms with Crippen LogP contribution < -0.4 is 20.1 Å². The fourth-order valence-electron chi connectivity index (χ4n) is 3.05. The van der Waals surface area contributed by atoms with Crippen molar-refractivity contribution in [1.82, 2.24) is 20.4 Å². The molecule has 1 aliphatic heterocycles. The third kappa shape index (κ3) is 4.81. The second-order valence-corrected chi connectivity index (χ2v) is 7.00. The van der Waals surface area contributed by atoms with Crippen LogP contribution in [0.15, 0.2) is 54.9 Å². The van der Waals surface area contributed by atoms with Gasteiger partial charge in [-0.2, -0.15) is 5.10 Å². The summed E-state index contributed by atoms with van der Waals surface area (Å²) in [6.45, 7) is 1.88. The predicted octanol–water partition coefficient (Wildman–Crippen LogP) is 3.34. The number of amides is 2. The molecule has 2 amide bonds. The van der Waals surface area contributed by atoms with Gasteiger partial charge in [-0.05, 0) is 36.2 Å². The molecule has 0 saturated carbocycles. The summed E-state index contributed by atoms with van der Waals surface area (Å²) in [4.78, 5) is 12.1. The van der Waals surface area contributed by atoms with Crippen molar-refractivity contribution in [2.24, 2.45) is 0 Å². The number of urea groups is 1. The molecular formula is C21H21ClN4O3. The number of ether oxygens (including phenoxy) is 2. The largest absolute Gasteiger partial charge is 0.486 e. The average Bonchev–Trinajstić information content (AvgIpc) is 3.22. The van der Waals surface area contributed by atoms with Gasteiger partial charge in [0.25, 0.3) is 0 Å². The zero-order chi connectivity index (χ0) is 20.1. The van der Waals surface area contributed by atoms with Crippen molar-refractivity contribution in [3.63, 3.8) is 0 Å². The maximum atomic E-state index is 12.1. The number of nitrogens with zero attached hydrogens (tertiary/aromatic N) is 2. The Hall–Kier alpha value is -3.19. The van der Waals surface area contributed by atoms with Gasteiger partial charge in [0.1, 0.15) is 13.2 Å². The molecule has 2 heterocycles. The van der Waals surface area contributed by atoms with Gasteiger partial charge in [0, 0.05) is 24.8 Å². The summed E-state index contributed by atoms with van der Waals surface area (Å²) in [6, 6.07) is 13.3. The Morgan fingerprint density at radius 1 is 1.10 bits per heavy atom. The third-order valence-electron chi connectivity index (χ3n) is 4.47. The Morgan fingerprint density at radius 3 is 2.79 bits per heavy atom. The lowest BCUT2D eigenvalue weighted by atomic mass is 10.1. The van der Waals surface area contributed by atoms with Crippen LogP contribution in [0.5, 0.6) is 11.5 Å². The average molecular weight is 413 g/mol. The van der Waals surface area contributed by atoms with Crippen LogP contribution in [0, 0.1) is 0 Å². The van der Waals surface area contributed by atoms with Gasteiger partial charge in [-0.25, -0.2) is 9.48 Å². The summed E-state index contributed by atoms with van der Waals surface area (Å²) in [5.74, 6) is 1.24. The number of para-hydroxylation sites is 1. The van der Waals surface area contributed by atoms with Gasteiger partial charge in [0.2, 0.25) is 0 Å². The molecule has 2 N–H and O–H groups in total. The smallest absolute Gasteiger partial charge is 0.315 e. The number of hydrogen-bond donors (Lipinski definition) is 2. The first kappa shape index (κ1) is 19.1. The van der Waals surface area contributed by atoms with Crippen molar-refractivity contribution in [3.05, 3.63) is 71.0 Å². The standard InChI is InChI=1S/C21H21ClN4O3/c22-18-10-15(11-19-20(18)29-9-8-28-19)6-7-23-21(27)24-12-16-13-25-26(14-16)17-4-2-1-3-5-17/h1-5,10-11,13-14H,6-9,12H2,(H2,23,24,27). The van der Waals surface area contributed by atoms with E-state index in [1.165, 1.54) is 0 Å². The zero-order valence-electron chi connectivity index (χ0n) is 15.7. The van der Waals surface area contributed by atoms with Gasteiger partial charge in [0.05, 0.1) is 16.9 Å². The van der Waals surface area contributed by atoms with Crippen molar-refractivity contribution >= 4 is 17.6 Å². The molecule has 0 bridgehead atoms. The first-order valence-electron chi connectivity index (χ1n) is 9.38. The number of fused-ring (bicyclic) bond motifs is 1. The van der Waals surface area contributed by atoms with E-state index in [0.29, 0.717) is 49.2 Å². The molecule has 0 radical (unpaired) electrons. The number of hydrogen-bond acceptors (Lipinski definition) is 4. The van der Waals surface area contributed by atoms with Crippen LogP contribution in [0.4, 0.5) is 4.79 Å². The number of aromatic nitrogens is 2. The lowest BCUT2D eigenvalue weighted by Gasteiger charge is -2.20. The Bertz CT molecular complexity index is 991. The summed E-state index contributed by atoms with van der Waals surface area (Å²) in [6.07, 6.45) is 4.27. The van der Waals surface area contributed by atoms with Gasteiger partial charge in [-0.15, -0.1) is 0 Å². The first-order chi connectivity index (χ1) is 14.2. The number of carbonyl (C=O) groups excluding carboxylic acids is 1.